The van der Waals surface area contributed by atoms with Gasteiger partial charge in [-0.2, -0.15) is 0 Å². The summed E-state index contributed by atoms with van der Waals surface area (Å²) in [5.74, 6) is 0. The van der Waals surface area contributed by atoms with Crippen LogP contribution in [-0.2, 0) is 13.6 Å². The Labute approximate surface area is 109 Å². The molecule has 2 aromatic rings. The summed E-state index contributed by atoms with van der Waals surface area (Å²) in [6.07, 6.45) is 1.68. The van der Waals surface area contributed by atoms with Crippen molar-refractivity contribution in [1.29, 1.82) is 0 Å². The van der Waals surface area contributed by atoms with Gasteiger partial charge in [-0.3, -0.25) is 14.9 Å². The zero-order valence-corrected chi connectivity index (χ0v) is 10.4. The van der Waals surface area contributed by atoms with Crippen molar-refractivity contribution < 1.29 is 4.92 Å². The third-order valence-electron chi connectivity index (χ3n) is 2.70. The molecule has 1 heterocycles. The fourth-order valence-corrected chi connectivity index (χ4v) is 1.68. The molecule has 0 saturated heterocycles. The number of nitro benzene ring substituents is 1. The molecule has 0 aliphatic rings. The normalized spacial score (nSPS) is 10.2. The van der Waals surface area contributed by atoms with Gasteiger partial charge in [-0.25, -0.2) is 0 Å². The van der Waals surface area contributed by atoms with E-state index in [9.17, 15) is 14.9 Å². The van der Waals surface area contributed by atoms with Crippen LogP contribution in [0.5, 0.6) is 0 Å². The molecule has 6 heteroatoms. The lowest BCUT2D eigenvalue weighted by atomic mass is 10.2. The number of aryl methyl sites for hydroxylation is 1. The Morgan fingerprint density at radius 3 is 2.79 bits per heavy atom. The maximum absolute atomic E-state index is 11.2. The molecule has 0 aliphatic carbocycles. The van der Waals surface area contributed by atoms with Crippen LogP contribution in [0.1, 0.15) is 5.56 Å². The highest BCUT2D eigenvalue weighted by molar-refractivity contribution is 5.42. The number of nitro groups is 1. The van der Waals surface area contributed by atoms with Gasteiger partial charge in [0.15, 0.2) is 0 Å². The molecule has 2 rings (SSSR count). The largest absolute Gasteiger partial charge is 0.380 e. The van der Waals surface area contributed by atoms with Gasteiger partial charge in [0, 0.05) is 38.0 Å². The second kappa shape index (κ2) is 5.34. The van der Waals surface area contributed by atoms with Crippen molar-refractivity contribution in [1.82, 2.24) is 4.57 Å². The van der Waals surface area contributed by atoms with Crippen LogP contribution < -0.4 is 10.9 Å². The van der Waals surface area contributed by atoms with Crippen LogP contribution in [0.3, 0.4) is 0 Å². The number of nitrogens with one attached hydrogen (secondary N) is 1. The summed E-state index contributed by atoms with van der Waals surface area (Å²) in [6.45, 7) is 0.458. The minimum atomic E-state index is -0.421. The summed E-state index contributed by atoms with van der Waals surface area (Å²) in [4.78, 5) is 21.5. The van der Waals surface area contributed by atoms with Gasteiger partial charge in [0.25, 0.3) is 5.69 Å². The van der Waals surface area contributed by atoms with Crippen molar-refractivity contribution in [3.63, 3.8) is 0 Å². The molecule has 1 aromatic carbocycles. The Balaban J connectivity index is 2.09. The van der Waals surface area contributed by atoms with E-state index in [1.165, 1.54) is 22.8 Å². The molecular weight excluding hydrogens is 246 g/mol. The van der Waals surface area contributed by atoms with Crippen LogP contribution in [0.4, 0.5) is 11.4 Å². The first-order valence-electron chi connectivity index (χ1n) is 5.70. The zero-order chi connectivity index (χ0) is 13.8. The van der Waals surface area contributed by atoms with Crippen LogP contribution in [-0.4, -0.2) is 9.49 Å². The summed E-state index contributed by atoms with van der Waals surface area (Å²) >= 11 is 0. The Morgan fingerprint density at radius 2 is 2.11 bits per heavy atom. The van der Waals surface area contributed by atoms with E-state index in [2.05, 4.69) is 5.32 Å². The number of pyridine rings is 1. The fraction of sp³-hybridized carbons (Fsp3) is 0.154. The van der Waals surface area contributed by atoms with Gasteiger partial charge in [0.1, 0.15) is 0 Å². The highest BCUT2D eigenvalue weighted by atomic mass is 16.6. The Morgan fingerprint density at radius 1 is 1.32 bits per heavy atom. The minimum absolute atomic E-state index is 0.0692. The van der Waals surface area contributed by atoms with Gasteiger partial charge in [-0.05, 0) is 11.6 Å². The second-order valence-electron chi connectivity index (χ2n) is 4.15. The van der Waals surface area contributed by atoms with Gasteiger partial charge < -0.3 is 9.88 Å². The average molecular weight is 259 g/mol. The number of rotatable bonds is 4. The molecule has 1 aromatic heterocycles. The van der Waals surface area contributed by atoms with Gasteiger partial charge in [0.05, 0.1) is 10.6 Å². The van der Waals surface area contributed by atoms with Crippen molar-refractivity contribution >= 4 is 11.4 Å². The van der Waals surface area contributed by atoms with E-state index in [-0.39, 0.29) is 11.2 Å². The molecule has 0 amide bonds. The molecule has 0 fully saturated rings. The molecular formula is C13H13N3O3. The molecule has 0 atom stereocenters. The van der Waals surface area contributed by atoms with Crippen molar-refractivity contribution in [2.45, 2.75) is 6.54 Å². The molecule has 0 aliphatic heterocycles. The lowest BCUT2D eigenvalue weighted by Crippen LogP contribution is -2.15. The van der Waals surface area contributed by atoms with E-state index in [4.69, 9.17) is 0 Å². The second-order valence-corrected chi connectivity index (χ2v) is 4.15. The standard InChI is InChI=1S/C13H13N3O3/c1-15-9-11(5-6-13(15)17)14-8-10-3-2-4-12(7-10)16(18)19/h2-7,9,14H,8H2,1H3. The molecule has 0 radical (unpaired) electrons. The monoisotopic (exact) mass is 259 g/mol. The third kappa shape index (κ3) is 3.19. The summed E-state index contributed by atoms with van der Waals surface area (Å²) in [5.41, 5.74) is 1.58. The number of aromatic nitrogens is 1. The van der Waals surface area contributed by atoms with Crippen molar-refractivity contribution in [3.05, 3.63) is 68.6 Å². The van der Waals surface area contributed by atoms with E-state index >= 15 is 0 Å². The summed E-state index contributed by atoms with van der Waals surface area (Å²) < 4.78 is 1.47. The Kier molecular flexibility index (Phi) is 3.61. The van der Waals surface area contributed by atoms with Crippen LogP contribution in [0.2, 0.25) is 0 Å². The molecule has 0 bridgehead atoms. The molecule has 19 heavy (non-hydrogen) atoms. The predicted octanol–water partition coefficient (Wildman–Crippen LogP) is 1.91. The lowest BCUT2D eigenvalue weighted by molar-refractivity contribution is -0.384. The number of benzene rings is 1. The van der Waals surface area contributed by atoms with Crippen molar-refractivity contribution in [2.75, 3.05) is 5.32 Å². The molecule has 0 spiro atoms. The zero-order valence-electron chi connectivity index (χ0n) is 10.4. The number of anilines is 1. The minimum Gasteiger partial charge on any atom is -0.380 e. The molecule has 98 valence electrons. The smallest absolute Gasteiger partial charge is 0.269 e. The average Bonchev–Trinajstić information content (AvgIpc) is 2.40. The van der Waals surface area contributed by atoms with Gasteiger partial charge in [0.2, 0.25) is 5.56 Å². The lowest BCUT2D eigenvalue weighted by Gasteiger charge is -2.07. The first-order chi connectivity index (χ1) is 9.06. The molecule has 6 nitrogen and oxygen atoms in total. The van der Waals surface area contributed by atoms with Crippen molar-refractivity contribution in [3.8, 4) is 0 Å². The van der Waals surface area contributed by atoms with E-state index in [1.807, 2.05) is 6.07 Å². The number of hydrogen-bond donors (Lipinski definition) is 1. The topological polar surface area (TPSA) is 77.2 Å². The van der Waals surface area contributed by atoms with Gasteiger partial charge in [-0.1, -0.05) is 12.1 Å². The van der Waals surface area contributed by atoms with Gasteiger partial charge >= 0.3 is 0 Å². The molecule has 0 saturated carbocycles. The number of nitrogens with zero attached hydrogens (tertiary/aromatic N) is 2. The third-order valence-corrected chi connectivity index (χ3v) is 2.70. The van der Waals surface area contributed by atoms with E-state index in [1.54, 1.807) is 25.4 Å². The fourth-order valence-electron chi connectivity index (χ4n) is 1.68. The summed E-state index contributed by atoms with van der Waals surface area (Å²) in [5, 5.41) is 13.8. The van der Waals surface area contributed by atoms with Crippen LogP contribution >= 0.6 is 0 Å². The SMILES string of the molecule is Cn1cc(NCc2cccc([N+](=O)[O-])c2)ccc1=O. The summed E-state index contributed by atoms with van der Waals surface area (Å²) in [7, 11) is 1.67. The van der Waals surface area contributed by atoms with Gasteiger partial charge in [-0.15, -0.1) is 0 Å². The quantitative estimate of drug-likeness (QED) is 0.672. The van der Waals surface area contributed by atoms with E-state index in [0.29, 0.717) is 6.54 Å². The molecule has 1 N–H and O–H groups in total. The molecule has 0 unspecified atom stereocenters. The predicted molar refractivity (Wildman–Crippen MR) is 72.1 cm³/mol. The maximum Gasteiger partial charge on any atom is 0.269 e. The Bertz CT molecular complexity index is 664. The maximum atomic E-state index is 11.2. The van der Waals surface area contributed by atoms with Crippen LogP contribution in [0.15, 0.2) is 47.4 Å². The summed E-state index contributed by atoms with van der Waals surface area (Å²) in [6, 6.07) is 9.58. The number of non-ortho nitro benzene ring substituents is 1. The van der Waals surface area contributed by atoms with Crippen LogP contribution in [0.25, 0.3) is 0 Å². The first-order valence-corrected chi connectivity index (χ1v) is 5.70. The highest BCUT2D eigenvalue weighted by Crippen LogP contribution is 2.14. The van der Waals surface area contributed by atoms with E-state index < -0.39 is 4.92 Å². The Hall–Kier alpha value is -2.63. The van der Waals surface area contributed by atoms with Crippen LogP contribution in [0, 0.1) is 10.1 Å². The number of hydrogen-bond acceptors (Lipinski definition) is 4. The first kappa shape index (κ1) is 12.8. The van der Waals surface area contributed by atoms with E-state index in [0.717, 1.165) is 11.3 Å². The van der Waals surface area contributed by atoms with Crippen molar-refractivity contribution in [2.24, 2.45) is 7.05 Å². The highest BCUT2D eigenvalue weighted by Gasteiger charge is 2.05.